The normalized spacial score (nSPS) is 11.7. The number of rotatable bonds is 5. The zero-order valence-electron chi connectivity index (χ0n) is 15.8. The summed E-state index contributed by atoms with van der Waals surface area (Å²) in [6.07, 6.45) is 3.38. The number of aromatic nitrogens is 4. The molecule has 1 aliphatic rings. The van der Waals surface area contributed by atoms with Crippen LogP contribution in [0.1, 0.15) is 27.4 Å². The molecule has 0 saturated heterocycles. The summed E-state index contributed by atoms with van der Waals surface area (Å²) < 4.78 is 6.00. The quantitative estimate of drug-likeness (QED) is 0.476. The third kappa shape index (κ3) is 3.18. The molecular weight excluding hydrogens is 382 g/mol. The molecule has 0 fully saturated rings. The molecule has 0 aliphatic heterocycles. The Morgan fingerprint density at radius 2 is 2.17 bits per heavy atom. The molecule has 0 radical (unpaired) electrons. The zero-order chi connectivity index (χ0) is 19.8. The number of pyridine rings is 1. The molecule has 29 heavy (non-hydrogen) atoms. The van der Waals surface area contributed by atoms with Crippen LogP contribution < -0.4 is 4.74 Å². The molecule has 4 aromatic rings. The van der Waals surface area contributed by atoms with Crippen molar-refractivity contribution in [3.05, 3.63) is 69.4 Å². The van der Waals surface area contributed by atoms with Gasteiger partial charge in [0.25, 0.3) is 0 Å². The largest absolute Gasteiger partial charge is 0.493 e. The Hall–Kier alpha value is -3.50. The van der Waals surface area contributed by atoms with E-state index in [-0.39, 0.29) is 0 Å². The molecule has 7 heteroatoms. The average Bonchev–Trinajstić information content (AvgIpc) is 3.44. The second-order valence-corrected chi connectivity index (χ2v) is 7.86. The van der Waals surface area contributed by atoms with Crippen molar-refractivity contribution < 1.29 is 4.74 Å². The number of hydrogen-bond acceptors (Lipinski definition) is 6. The lowest BCUT2D eigenvalue weighted by atomic mass is 10.1. The molecule has 0 spiro atoms. The van der Waals surface area contributed by atoms with Crippen LogP contribution in [0.15, 0.2) is 42.0 Å². The smallest absolute Gasteiger partial charge is 0.140 e. The first kappa shape index (κ1) is 17.6. The maximum absolute atomic E-state index is 8.94. The van der Waals surface area contributed by atoms with Gasteiger partial charge in [-0.2, -0.15) is 10.4 Å². The summed E-state index contributed by atoms with van der Waals surface area (Å²) in [6.45, 7) is 2.65. The molecule has 0 bridgehead atoms. The number of nitrogens with one attached hydrogen (secondary N) is 1. The number of nitriles is 1. The van der Waals surface area contributed by atoms with Gasteiger partial charge in [0.1, 0.15) is 17.5 Å². The molecule has 1 aliphatic carbocycles. The molecule has 6 nitrogen and oxygen atoms in total. The fourth-order valence-corrected chi connectivity index (χ4v) is 4.41. The van der Waals surface area contributed by atoms with E-state index in [0.717, 1.165) is 52.4 Å². The van der Waals surface area contributed by atoms with E-state index in [2.05, 4.69) is 32.3 Å². The standard InChI is InChI=1S/C22H17N5OS/c1-13-20(29-12-25-13)6-7-28-17-5-3-14-8-19-21(26-27-22(19)18(14)9-17)15-2-4-16(10-23)24-11-15/h2-5,9,11-12H,6-8H2,1H3,(H,26,27). The lowest BCUT2D eigenvalue weighted by Gasteiger charge is -2.08. The van der Waals surface area contributed by atoms with Crippen LogP contribution in [-0.4, -0.2) is 26.8 Å². The van der Waals surface area contributed by atoms with E-state index in [4.69, 9.17) is 10.00 Å². The predicted molar refractivity (Wildman–Crippen MR) is 111 cm³/mol. The number of aromatic amines is 1. The number of benzene rings is 1. The van der Waals surface area contributed by atoms with Crippen molar-refractivity contribution in [3.8, 4) is 34.3 Å². The summed E-state index contributed by atoms with van der Waals surface area (Å²) >= 11 is 1.67. The number of nitrogens with zero attached hydrogens (tertiary/aromatic N) is 4. The van der Waals surface area contributed by atoms with Gasteiger partial charge in [0.2, 0.25) is 0 Å². The van der Waals surface area contributed by atoms with Crippen LogP contribution in [0.4, 0.5) is 0 Å². The van der Waals surface area contributed by atoms with Gasteiger partial charge in [-0.05, 0) is 36.8 Å². The minimum Gasteiger partial charge on any atom is -0.493 e. The molecule has 0 unspecified atom stereocenters. The summed E-state index contributed by atoms with van der Waals surface area (Å²) in [5.74, 6) is 0.856. The topological polar surface area (TPSA) is 87.5 Å². The summed E-state index contributed by atoms with van der Waals surface area (Å²) in [6, 6.07) is 11.9. The lowest BCUT2D eigenvalue weighted by Crippen LogP contribution is -2.01. The van der Waals surface area contributed by atoms with Gasteiger partial charge in [0.15, 0.2) is 0 Å². The van der Waals surface area contributed by atoms with Gasteiger partial charge >= 0.3 is 0 Å². The maximum atomic E-state index is 8.94. The van der Waals surface area contributed by atoms with Crippen LogP contribution in [0.3, 0.4) is 0 Å². The van der Waals surface area contributed by atoms with Crippen LogP contribution in [0.2, 0.25) is 0 Å². The van der Waals surface area contributed by atoms with Crippen molar-refractivity contribution in [2.75, 3.05) is 6.61 Å². The second-order valence-electron chi connectivity index (χ2n) is 6.92. The van der Waals surface area contributed by atoms with E-state index in [9.17, 15) is 0 Å². The van der Waals surface area contributed by atoms with E-state index in [1.165, 1.54) is 10.4 Å². The first-order chi connectivity index (χ1) is 14.2. The lowest BCUT2D eigenvalue weighted by molar-refractivity contribution is 0.323. The van der Waals surface area contributed by atoms with Gasteiger partial charge in [-0.3, -0.25) is 5.10 Å². The number of fused-ring (bicyclic) bond motifs is 3. The van der Waals surface area contributed by atoms with Crippen LogP contribution >= 0.6 is 11.3 Å². The Balaban J connectivity index is 1.36. The van der Waals surface area contributed by atoms with Crippen LogP contribution in [-0.2, 0) is 12.8 Å². The van der Waals surface area contributed by atoms with Gasteiger partial charge in [0, 0.05) is 40.6 Å². The monoisotopic (exact) mass is 399 g/mol. The van der Waals surface area contributed by atoms with Crippen molar-refractivity contribution in [3.63, 3.8) is 0 Å². The minimum absolute atomic E-state index is 0.402. The summed E-state index contributed by atoms with van der Waals surface area (Å²) in [5.41, 5.74) is 9.72. The maximum Gasteiger partial charge on any atom is 0.140 e. The van der Waals surface area contributed by atoms with E-state index < -0.39 is 0 Å². The third-order valence-electron chi connectivity index (χ3n) is 5.18. The Bertz CT molecular complexity index is 1230. The first-order valence-corrected chi connectivity index (χ1v) is 10.2. The molecule has 0 atom stereocenters. The molecule has 3 aromatic heterocycles. The molecule has 1 aromatic carbocycles. The predicted octanol–water partition coefficient (Wildman–Crippen LogP) is 4.30. The minimum atomic E-state index is 0.402. The van der Waals surface area contributed by atoms with Crippen LogP contribution in [0, 0.1) is 18.3 Å². The molecule has 142 valence electrons. The van der Waals surface area contributed by atoms with E-state index in [0.29, 0.717) is 12.3 Å². The van der Waals surface area contributed by atoms with Gasteiger partial charge in [0.05, 0.1) is 29.2 Å². The van der Waals surface area contributed by atoms with E-state index >= 15 is 0 Å². The highest BCUT2D eigenvalue weighted by atomic mass is 32.1. The zero-order valence-corrected chi connectivity index (χ0v) is 16.6. The number of H-pyrrole nitrogens is 1. The first-order valence-electron chi connectivity index (χ1n) is 9.32. The number of ether oxygens (including phenoxy) is 1. The average molecular weight is 399 g/mol. The van der Waals surface area contributed by atoms with Crippen molar-refractivity contribution >= 4 is 11.3 Å². The fourth-order valence-electron chi connectivity index (χ4n) is 3.65. The van der Waals surface area contributed by atoms with Crippen molar-refractivity contribution in [2.45, 2.75) is 19.8 Å². The van der Waals surface area contributed by atoms with Gasteiger partial charge in [-0.1, -0.05) is 6.07 Å². The highest BCUT2D eigenvalue weighted by molar-refractivity contribution is 7.09. The number of aryl methyl sites for hydroxylation is 1. The molecule has 1 N–H and O–H groups in total. The highest BCUT2D eigenvalue weighted by Crippen LogP contribution is 2.41. The fraction of sp³-hybridized carbons (Fsp3) is 0.182. The third-order valence-corrected chi connectivity index (χ3v) is 6.17. The number of hydrogen-bond donors (Lipinski definition) is 1. The van der Waals surface area contributed by atoms with E-state index in [1.807, 2.05) is 30.6 Å². The van der Waals surface area contributed by atoms with E-state index in [1.54, 1.807) is 23.6 Å². The van der Waals surface area contributed by atoms with Gasteiger partial charge in [-0.25, -0.2) is 9.97 Å². The van der Waals surface area contributed by atoms with Gasteiger partial charge in [-0.15, -0.1) is 11.3 Å². The Labute approximate surface area is 171 Å². The Morgan fingerprint density at radius 3 is 2.93 bits per heavy atom. The SMILES string of the molecule is Cc1ncsc1CCOc1ccc2c(c1)-c1[nH]nc(-c3ccc(C#N)nc3)c1C2. The Morgan fingerprint density at radius 1 is 1.24 bits per heavy atom. The summed E-state index contributed by atoms with van der Waals surface area (Å²) in [5, 5.41) is 16.6. The molecule has 5 rings (SSSR count). The van der Waals surface area contributed by atoms with Crippen molar-refractivity contribution in [1.82, 2.24) is 20.2 Å². The van der Waals surface area contributed by atoms with Crippen molar-refractivity contribution in [2.24, 2.45) is 0 Å². The summed E-state index contributed by atoms with van der Waals surface area (Å²) in [7, 11) is 0. The van der Waals surface area contributed by atoms with Gasteiger partial charge < -0.3 is 4.74 Å². The molecular formula is C22H17N5OS. The number of thiazole rings is 1. The molecule has 0 amide bonds. The molecule has 0 saturated carbocycles. The Kier molecular flexibility index (Phi) is 4.34. The summed E-state index contributed by atoms with van der Waals surface area (Å²) in [4.78, 5) is 9.71. The second kappa shape index (κ2) is 7.15. The molecule has 3 heterocycles. The van der Waals surface area contributed by atoms with Crippen LogP contribution in [0.25, 0.3) is 22.5 Å². The van der Waals surface area contributed by atoms with Crippen molar-refractivity contribution in [1.29, 1.82) is 5.26 Å². The van der Waals surface area contributed by atoms with Crippen LogP contribution in [0.5, 0.6) is 5.75 Å². The highest BCUT2D eigenvalue weighted by Gasteiger charge is 2.25.